The summed E-state index contributed by atoms with van der Waals surface area (Å²) in [6.45, 7) is 2.68. The van der Waals surface area contributed by atoms with Gasteiger partial charge in [0.15, 0.2) is 0 Å². The predicted molar refractivity (Wildman–Crippen MR) is 84.2 cm³/mol. The highest BCUT2D eigenvalue weighted by Crippen LogP contribution is 2.22. The maximum absolute atomic E-state index is 10.9. The van der Waals surface area contributed by atoms with E-state index in [2.05, 4.69) is 21.2 Å². The van der Waals surface area contributed by atoms with Crippen LogP contribution < -0.4 is 5.32 Å². The fraction of sp³-hybridized carbons (Fsp3) is 0.200. The minimum atomic E-state index is -0.334. The molecule has 0 spiro atoms. The van der Waals surface area contributed by atoms with Crippen molar-refractivity contribution < 1.29 is 4.92 Å². The monoisotopic (exact) mass is 334 g/mol. The molecule has 4 nitrogen and oxygen atoms in total. The third-order valence-electron chi connectivity index (χ3n) is 3.10. The molecule has 104 valence electrons. The fourth-order valence-electron chi connectivity index (χ4n) is 2.02. The van der Waals surface area contributed by atoms with Crippen LogP contribution in [0.15, 0.2) is 46.9 Å². The summed E-state index contributed by atoms with van der Waals surface area (Å²) in [6, 6.07) is 12.9. The van der Waals surface area contributed by atoms with Gasteiger partial charge in [-0.2, -0.15) is 0 Å². The second-order valence-electron chi connectivity index (χ2n) is 4.52. The zero-order chi connectivity index (χ0) is 14.5. The van der Waals surface area contributed by atoms with E-state index < -0.39 is 0 Å². The van der Waals surface area contributed by atoms with Crippen molar-refractivity contribution in [3.8, 4) is 0 Å². The van der Waals surface area contributed by atoms with Gasteiger partial charge in [-0.1, -0.05) is 40.2 Å². The molecule has 0 amide bonds. The van der Waals surface area contributed by atoms with Crippen molar-refractivity contribution in [1.82, 2.24) is 0 Å². The van der Waals surface area contributed by atoms with Gasteiger partial charge in [-0.3, -0.25) is 10.1 Å². The van der Waals surface area contributed by atoms with Gasteiger partial charge in [0.1, 0.15) is 0 Å². The van der Waals surface area contributed by atoms with Gasteiger partial charge >= 0.3 is 0 Å². The lowest BCUT2D eigenvalue weighted by Crippen LogP contribution is -2.07. The molecule has 0 unspecified atom stereocenters. The van der Waals surface area contributed by atoms with Gasteiger partial charge in [0.25, 0.3) is 5.69 Å². The zero-order valence-electron chi connectivity index (χ0n) is 11.1. The molecule has 0 fully saturated rings. The number of rotatable bonds is 5. The van der Waals surface area contributed by atoms with Crippen molar-refractivity contribution in [2.45, 2.75) is 13.3 Å². The first-order valence-corrected chi connectivity index (χ1v) is 7.09. The van der Waals surface area contributed by atoms with Gasteiger partial charge < -0.3 is 5.32 Å². The highest BCUT2D eigenvalue weighted by Gasteiger charge is 2.11. The van der Waals surface area contributed by atoms with Crippen LogP contribution in [0.4, 0.5) is 11.4 Å². The number of hydrogen-bond donors (Lipinski definition) is 1. The molecule has 2 aromatic carbocycles. The quantitative estimate of drug-likeness (QED) is 0.654. The number of nitrogens with one attached hydrogen (secondary N) is 1. The van der Waals surface area contributed by atoms with Gasteiger partial charge in [-0.25, -0.2) is 0 Å². The van der Waals surface area contributed by atoms with Crippen molar-refractivity contribution in [3.63, 3.8) is 0 Å². The van der Waals surface area contributed by atoms with Crippen LogP contribution in [0.25, 0.3) is 0 Å². The number of nitro groups is 1. The third-order valence-corrected chi connectivity index (χ3v) is 3.59. The Labute approximate surface area is 126 Å². The lowest BCUT2D eigenvalue weighted by molar-refractivity contribution is -0.385. The van der Waals surface area contributed by atoms with Crippen molar-refractivity contribution in [2.24, 2.45) is 0 Å². The van der Waals surface area contributed by atoms with Crippen molar-refractivity contribution in [1.29, 1.82) is 0 Å². The second-order valence-corrected chi connectivity index (χ2v) is 5.44. The molecule has 2 aromatic rings. The van der Waals surface area contributed by atoms with Crippen molar-refractivity contribution >= 4 is 27.3 Å². The third kappa shape index (κ3) is 3.57. The largest absolute Gasteiger partial charge is 0.384 e. The molecular weight excluding hydrogens is 320 g/mol. The maximum atomic E-state index is 10.9. The number of halogens is 1. The molecule has 0 saturated heterocycles. The molecule has 0 radical (unpaired) electrons. The maximum Gasteiger partial charge on any atom is 0.272 e. The number of nitrogens with zero attached hydrogens (tertiary/aromatic N) is 1. The number of aryl methyl sites for hydroxylation is 1. The van der Waals surface area contributed by atoms with Crippen LogP contribution in [0.3, 0.4) is 0 Å². The SMILES string of the molecule is Cc1ccc(Br)cc1NCCc1ccccc1[N+](=O)[O-]. The Bertz CT molecular complexity index is 629. The lowest BCUT2D eigenvalue weighted by atomic mass is 10.1. The number of nitro benzene ring substituents is 1. The summed E-state index contributed by atoms with van der Waals surface area (Å²) in [5, 5.41) is 14.2. The molecule has 0 aliphatic carbocycles. The first kappa shape index (κ1) is 14.5. The van der Waals surface area contributed by atoms with Crippen LogP contribution in [-0.2, 0) is 6.42 Å². The summed E-state index contributed by atoms with van der Waals surface area (Å²) in [5.41, 5.74) is 3.12. The van der Waals surface area contributed by atoms with E-state index in [1.807, 2.05) is 31.2 Å². The second kappa shape index (κ2) is 6.52. The Morgan fingerprint density at radius 1 is 1.25 bits per heavy atom. The first-order valence-electron chi connectivity index (χ1n) is 6.30. The Morgan fingerprint density at radius 3 is 2.75 bits per heavy atom. The summed E-state index contributed by atoms with van der Waals surface area (Å²) in [5.74, 6) is 0. The minimum absolute atomic E-state index is 0.181. The number of benzene rings is 2. The van der Waals surface area contributed by atoms with E-state index in [4.69, 9.17) is 0 Å². The van der Waals surface area contributed by atoms with Gasteiger partial charge in [0.2, 0.25) is 0 Å². The molecule has 5 heteroatoms. The van der Waals surface area contributed by atoms with E-state index in [0.717, 1.165) is 21.3 Å². The molecule has 0 heterocycles. The summed E-state index contributed by atoms with van der Waals surface area (Å²) in [6.07, 6.45) is 0.614. The molecule has 0 aliphatic heterocycles. The summed E-state index contributed by atoms with van der Waals surface area (Å²) in [7, 11) is 0. The van der Waals surface area contributed by atoms with E-state index in [1.165, 1.54) is 0 Å². The molecular formula is C15H15BrN2O2. The molecule has 0 saturated carbocycles. The Kier molecular flexibility index (Phi) is 4.74. The van der Waals surface area contributed by atoms with Crippen LogP contribution in [0.5, 0.6) is 0 Å². The van der Waals surface area contributed by atoms with Crippen LogP contribution in [-0.4, -0.2) is 11.5 Å². The molecule has 2 rings (SSSR count). The van der Waals surface area contributed by atoms with E-state index in [-0.39, 0.29) is 10.6 Å². The summed E-state index contributed by atoms with van der Waals surface area (Å²) in [4.78, 5) is 10.6. The molecule has 20 heavy (non-hydrogen) atoms. The Balaban J connectivity index is 2.03. The number of para-hydroxylation sites is 1. The van der Waals surface area contributed by atoms with Crippen molar-refractivity contribution in [2.75, 3.05) is 11.9 Å². The highest BCUT2D eigenvalue weighted by atomic mass is 79.9. The van der Waals surface area contributed by atoms with Crippen LogP contribution >= 0.6 is 15.9 Å². The van der Waals surface area contributed by atoms with Crippen molar-refractivity contribution in [3.05, 3.63) is 68.2 Å². The Hall–Kier alpha value is -1.88. The summed E-state index contributed by atoms with van der Waals surface area (Å²) >= 11 is 3.43. The van der Waals surface area contributed by atoms with E-state index in [9.17, 15) is 10.1 Å². The minimum Gasteiger partial charge on any atom is -0.384 e. The number of anilines is 1. The molecule has 0 atom stereocenters. The van der Waals surface area contributed by atoms with Crippen LogP contribution in [0.2, 0.25) is 0 Å². The van der Waals surface area contributed by atoms with E-state index >= 15 is 0 Å². The predicted octanol–water partition coefficient (Wildman–Crippen LogP) is 4.32. The van der Waals surface area contributed by atoms with Gasteiger partial charge in [-0.05, 0) is 31.0 Å². The molecule has 0 aliphatic rings. The Morgan fingerprint density at radius 2 is 2.00 bits per heavy atom. The zero-order valence-corrected chi connectivity index (χ0v) is 12.7. The molecule has 0 bridgehead atoms. The molecule has 1 N–H and O–H groups in total. The van der Waals surface area contributed by atoms with Gasteiger partial charge in [-0.15, -0.1) is 0 Å². The fourth-order valence-corrected chi connectivity index (χ4v) is 2.38. The van der Waals surface area contributed by atoms with Crippen LogP contribution in [0, 0.1) is 17.0 Å². The van der Waals surface area contributed by atoms with Gasteiger partial charge in [0.05, 0.1) is 4.92 Å². The first-order chi connectivity index (χ1) is 9.58. The van der Waals surface area contributed by atoms with E-state index in [1.54, 1.807) is 18.2 Å². The molecule has 0 aromatic heterocycles. The standard InChI is InChI=1S/C15H15BrN2O2/c1-11-6-7-13(16)10-14(11)17-9-8-12-4-2-3-5-15(12)18(19)20/h2-7,10,17H,8-9H2,1H3. The smallest absolute Gasteiger partial charge is 0.272 e. The van der Waals surface area contributed by atoms with E-state index in [0.29, 0.717) is 13.0 Å². The summed E-state index contributed by atoms with van der Waals surface area (Å²) < 4.78 is 1.01. The average molecular weight is 335 g/mol. The lowest BCUT2D eigenvalue weighted by Gasteiger charge is -2.10. The van der Waals surface area contributed by atoms with Crippen LogP contribution in [0.1, 0.15) is 11.1 Å². The average Bonchev–Trinajstić information content (AvgIpc) is 2.43. The van der Waals surface area contributed by atoms with Gasteiger partial charge in [0, 0.05) is 28.3 Å². The normalized spacial score (nSPS) is 10.3. The number of hydrogen-bond acceptors (Lipinski definition) is 3. The topological polar surface area (TPSA) is 55.2 Å². The highest BCUT2D eigenvalue weighted by molar-refractivity contribution is 9.10.